The minimum Gasteiger partial charge on any atom is -0.490 e. The number of unbranched alkanes of at least 4 members (excludes halogenated alkanes) is 1. The molecule has 3 nitrogen and oxygen atoms in total. The number of ether oxygens (including phenoxy) is 3. The van der Waals surface area contributed by atoms with Crippen LogP contribution in [0.1, 0.15) is 83.6 Å². The number of hydrogen-bond donors (Lipinski definition) is 0. The molecule has 1 saturated heterocycles. The van der Waals surface area contributed by atoms with Gasteiger partial charge in [0.1, 0.15) is 0 Å². The molecule has 2 atom stereocenters. The van der Waals surface area contributed by atoms with Gasteiger partial charge in [-0.25, -0.2) is 4.39 Å². The Kier molecular flexibility index (Phi) is 9.38. The van der Waals surface area contributed by atoms with Crippen LogP contribution in [0.2, 0.25) is 0 Å². The van der Waals surface area contributed by atoms with Crippen molar-refractivity contribution in [2.24, 2.45) is 17.8 Å². The molecule has 0 spiro atoms. The summed E-state index contributed by atoms with van der Waals surface area (Å²) >= 11 is 0. The van der Waals surface area contributed by atoms with Crippen molar-refractivity contribution in [1.82, 2.24) is 0 Å². The van der Waals surface area contributed by atoms with Crippen LogP contribution >= 0.6 is 0 Å². The molecule has 1 aliphatic carbocycles. The van der Waals surface area contributed by atoms with Crippen molar-refractivity contribution < 1.29 is 23.0 Å². The summed E-state index contributed by atoms with van der Waals surface area (Å²) in [6.45, 7) is 5.41. The highest BCUT2D eigenvalue weighted by Crippen LogP contribution is 2.39. The van der Waals surface area contributed by atoms with E-state index in [0.717, 1.165) is 44.1 Å². The molecular weight excluding hydrogens is 386 g/mol. The van der Waals surface area contributed by atoms with E-state index in [2.05, 4.69) is 6.92 Å². The van der Waals surface area contributed by atoms with E-state index in [-0.39, 0.29) is 24.2 Å². The highest BCUT2D eigenvalue weighted by Gasteiger charge is 2.31. The topological polar surface area (TPSA) is 27.7 Å². The van der Waals surface area contributed by atoms with Crippen LogP contribution in [0.4, 0.5) is 8.78 Å². The molecule has 30 heavy (non-hydrogen) atoms. The number of rotatable bonds is 10. The zero-order valence-corrected chi connectivity index (χ0v) is 18.6. The first-order valence-electron chi connectivity index (χ1n) is 11.9. The van der Waals surface area contributed by atoms with Crippen LogP contribution in [-0.2, 0) is 16.1 Å². The Morgan fingerprint density at radius 3 is 2.37 bits per heavy atom. The fourth-order valence-electron chi connectivity index (χ4n) is 4.91. The fraction of sp³-hybridized carbons (Fsp3) is 0.760. The monoisotopic (exact) mass is 424 g/mol. The molecule has 2 aliphatic rings. The Balaban J connectivity index is 1.41. The quantitative estimate of drug-likeness (QED) is 0.378. The summed E-state index contributed by atoms with van der Waals surface area (Å²) in [5.74, 6) is 0.449. The van der Waals surface area contributed by atoms with Gasteiger partial charge in [-0.1, -0.05) is 46.0 Å². The van der Waals surface area contributed by atoms with Crippen molar-refractivity contribution >= 4 is 0 Å². The lowest BCUT2D eigenvalue weighted by atomic mass is 9.73. The van der Waals surface area contributed by atoms with E-state index in [9.17, 15) is 8.78 Å². The van der Waals surface area contributed by atoms with Gasteiger partial charge >= 0.3 is 0 Å². The SMILES string of the molecule is CCCCOc1ccc(COC2CCC(C3CCC(CCC)CC3)CO2)c(F)c1F. The maximum absolute atomic E-state index is 14.3. The smallest absolute Gasteiger partial charge is 0.200 e. The molecule has 2 fully saturated rings. The largest absolute Gasteiger partial charge is 0.490 e. The summed E-state index contributed by atoms with van der Waals surface area (Å²) in [5.41, 5.74) is 0.204. The van der Waals surface area contributed by atoms with E-state index in [0.29, 0.717) is 12.5 Å². The minimum absolute atomic E-state index is 0.00938. The van der Waals surface area contributed by atoms with E-state index < -0.39 is 11.6 Å². The highest BCUT2D eigenvalue weighted by molar-refractivity contribution is 5.30. The van der Waals surface area contributed by atoms with E-state index in [4.69, 9.17) is 14.2 Å². The van der Waals surface area contributed by atoms with Gasteiger partial charge in [-0.3, -0.25) is 0 Å². The van der Waals surface area contributed by atoms with Crippen LogP contribution in [-0.4, -0.2) is 19.5 Å². The van der Waals surface area contributed by atoms with Crippen molar-refractivity contribution in [3.05, 3.63) is 29.3 Å². The second-order valence-corrected chi connectivity index (χ2v) is 9.03. The molecule has 1 aromatic carbocycles. The van der Waals surface area contributed by atoms with Crippen molar-refractivity contribution in [3.8, 4) is 5.75 Å². The zero-order valence-electron chi connectivity index (χ0n) is 18.6. The van der Waals surface area contributed by atoms with Crippen molar-refractivity contribution in [2.75, 3.05) is 13.2 Å². The van der Waals surface area contributed by atoms with Gasteiger partial charge in [0.2, 0.25) is 5.82 Å². The van der Waals surface area contributed by atoms with Gasteiger partial charge in [-0.05, 0) is 62.0 Å². The molecule has 1 aromatic rings. The molecule has 5 heteroatoms. The Labute approximate surface area is 180 Å². The van der Waals surface area contributed by atoms with Crippen LogP contribution in [0.5, 0.6) is 5.75 Å². The van der Waals surface area contributed by atoms with Gasteiger partial charge in [0.25, 0.3) is 0 Å². The average molecular weight is 425 g/mol. The Morgan fingerprint density at radius 1 is 0.933 bits per heavy atom. The summed E-state index contributed by atoms with van der Waals surface area (Å²) in [4.78, 5) is 0. The summed E-state index contributed by atoms with van der Waals surface area (Å²) in [6.07, 6.45) is 11.4. The summed E-state index contributed by atoms with van der Waals surface area (Å²) in [6, 6.07) is 3.03. The minimum atomic E-state index is -0.935. The van der Waals surface area contributed by atoms with E-state index in [1.807, 2.05) is 6.92 Å². The van der Waals surface area contributed by atoms with Crippen molar-refractivity contribution in [3.63, 3.8) is 0 Å². The lowest BCUT2D eigenvalue weighted by Crippen LogP contribution is -2.33. The molecule has 0 aromatic heterocycles. The predicted octanol–water partition coefficient (Wildman–Crippen LogP) is 7.02. The van der Waals surface area contributed by atoms with Crippen LogP contribution in [0.3, 0.4) is 0 Å². The molecule has 0 radical (unpaired) electrons. The normalized spacial score (nSPS) is 27.2. The summed E-state index contributed by atoms with van der Waals surface area (Å²) in [5, 5.41) is 0. The maximum Gasteiger partial charge on any atom is 0.200 e. The van der Waals surface area contributed by atoms with Gasteiger partial charge in [-0.15, -0.1) is 0 Å². The lowest BCUT2D eigenvalue weighted by Gasteiger charge is -2.37. The molecule has 1 heterocycles. The molecule has 0 amide bonds. The van der Waals surface area contributed by atoms with Crippen molar-refractivity contribution in [1.29, 1.82) is 0 Å². The van der Waals surface area contributed by atoms with Gasteiger partial charge in [0.15, 0.2) is 17.9 Å². The van der Waals surface area contributed by atoms with Gasteiger partial charge < -0.3 is 14.2 Å². The molecule has 3 rings (SSSR count). The summed E-state index contributed by atoms with van der Waals surface area (Å²) in [7, 11) is 0. The third-order valence-corrected chi connectivity index (χ3v) is 6.83. The van der Waals surface area contributed by atoms with Crippen LogP contribution in [0.15, 0.2) is 12.1 Å². The Hall–Kier alpha value is -1.20. The molecule has 0 N–H and O–H groups in total. The molecule has 1 saturated carbocycles. The van der Waals surface area contributed by atoms with Crippen LogP contribution < -0.4 is 4.74 Å². The van der Waals surface area contributed by atoms with E-state index in [1.165, 1.54) is 44.6 Å². The highest BCUT2D eigenvalue weighted by atomic mass is 19.2. The second kappa shape index (κ2) is 12.0. The van der Waals surface area contributed by atoms with Gasteiger partial charge in [-0.2, -0.15) is 4.39 Å². The standard InChI is InChI=1S/C25H38F2O3/c1-3-5-15-28-22-13-11-21(24(26)25(22)27)17-30-23-14-12-20(16-29-23)19-9-7-18(6-4-2)8-10-19/h11,13,18-20,23H,3-10,12,14-17H2,1-2H3. The molecule has 170 valence electrons. The molecule has 1 aliphatic heterocycles. The first-order chi connectivity index (χ1) is 14.6. The number of benzene rings is 1. The first kappa shape index (κ1) is 23.5. The van der Waals surface area contributed by atoms with Crippen molar-refractivity contribution in [2.45, 2.75) is 91.0 Å². The number of halogens is 2. The van der Waals surface area contributed by atoms with Gasteiger partial charge in [0, 0.05) is 5.56 Å². The first-order valence-corrected chi connectivity index (χ1v) is 11.9. The van der Waals surface area contributed by atoms with E-state index >= 15 is 0 Å². The molecule has 2 unspecified atom stereocenters. The lowest BCUT2D eigenvalue weighted by molar-refractivity contribution is -0.188. The number of hydrogen-bond acceptors (Lipinski definition) is 3. The third kappa shape index (κ3) is 6.40. The Bertz CT molecular complexity index is 636. The summed E-state index contributed by atoms with van der Waals surface area (Å²) < 4.78 is 45.6. The third-order valence-electron chi connectivity index (χ3n) is 6.83. The van der Waals surface area contributed by atoms with Crippen LogP contribution in [0, 0.1) is 29.4 Å². The average Bonchev–Trinajstić information content (AvgIpc) is 2.77. The molecule has 0 bridgehead atoms. The van der Waals surface area contributed by atoms with Crippen LogP contribution in [0.25, 0.3) is 0 Å². The fourth-order valence-corrected chi connectivity index (χ4v) is 4.91. The second-order valence-electron chi connectivity index (χ2n) is 9.03. The predicted molar refractivity (Wildman–Crippen MR) is 114 cm³/mol. The Morgan fingerprint density at radius 2 is 1.70 bits per heavy atom. The van der Waals surface area contributed by atoms with Gasteiger partial charge in [0.05, 0.1) is 19.8 Å². The van der Waals surface area contributed by atoms with E-state index in [1.54, 1.807) is 6.07 Å². The maximum atomic E-state index is 14.3. The molecular formula is C25H38F2O3. The zero-order chi connectivity index (χ0) is 21.3.